The highest BCUT2D eigenvalue weighted by atomic mass is 16.4. The van der Waals surface area contributed by atoms with Crippen molar-refractivity contribution in [1.29, 1.82) is 0 Å². The standard InChI is InChI=1S/C8H10O3/c9-7-3-1-2-6(4-7)5-8(10)11/h4H,1-3,5H2,(H,10,11). The largest absolute Gasteiger partial charge is 0.481 e. The minimum absolute atomic E-state index is 0.0196. The second kappa shape index (κ2) is 3.32. The number of allylic oxidation sites excluding steroid dienone is 1. The van der Waals surface area contributed by atoms with Gasteiger partial charge in [-0.25, -0.2) is 0 Å². The van der Waals surface area contributed by atoms with Gasteiger partial charge in [-0.3, -0.25) is 9.59 Å². The number of hydrogen-bond donors (Lipinski definition) is 1. The Bertz CT molecular complexity index is 215. The second-order valence-electron chi connectivity index (χ2n) is 2.69. The van der Waals surface area contributed by atoms with Gasteiger partial charge in [0.1, 0.15) is 0 Å². The Kier molecular flexibility index (Phi) is 2.41. The topological polar surface area (TPSA) is 54.4 Å². The molecule has 0 heterocycles. The number of ketones is 1. The van der Waals surface area contributed by atoms with Crippen molar-refractivity contribution in [2.24, 2.45) is 0 Å². The summed E-state index contributed by atoms with van der Waals surface area (Å²) in [7, 11) is 0. The van der Waals surface area contributed by atoms with E-state index in [1.165, 1.54) is 6.08 Å². The molecule has 0 radical (unpaired) electrons. The lowest BCUT2D eigenvalue weighted by Gasteiger charge is -2.08. The number of carboxylic acid groups (broad SMARTS) is 1. The van der Waals surface area contributed by atoms with E-state index in [0.717, 1.165) is 18.4 Å². The molecule has 3 heteroatoms. The fourth-order valence-electron chi connectivity index (χ4n) is 1.20. The van der Waals surface area contributed by atoms with E-state index < -0.39 is 5.97 Å². The Morgan fingerprint density at radius 1 is 1.55 bits per heavy atom. The summed E-state index contributed by atoms with van der Waals surface area (Å²) in [5, 5.41) is 8.40. The maximum Gasteiger partial charge on any atom is 0.307 e. The van der Waals surface area contributed by atoms with Gasteiger partial charge in [0.15, 0.2) is 5.78 Å². The lowest BCUT2D eigenvalue weighted by atomic mass is 9.96. The molecular formula is C8H10O3. The molecule has 60 valence electrons. The summed E-state index contributed by atoms with van der Waals surface area (Å²) in [6, 6.07) is 0. The molecule has 0 atom stereocenters. The van der Waals surface area contributed by atoms with E-state index >= 15 is 0 Å². The van der Waals surface area contributed by atoms with Gasteiger partial charge in [-0.1, -0.05) is 5.57 Å². The molecule has 0 aliphatic heterocycles. The van der Waals surface area contributed by atoms with Gasteiger partial charge < -0.3 is 5.11 Å². The van der Waals surface area contributed by atoms with E-state index in [-0.39, 0.29) is 12.2 Å². The van der Waals surface area contributed by atoms with Crippen molar-refractivity contribution in [3.05, 3.63) is 11.6 Å². The van der Waals surface area contributed by atoms with Gasteiger partial charge in [0, 0.05) is 6.42 Å². The second-order valence-corrected chi connectivity index (χ2v) is 2.69. The zero-order valence-electron chi connectivity index (χ0n) is 6.17. The van der Waals surface area contributed by atoms with E-state index in [4.69, 9.17) is 5.11 Å². The molecule has 0 saturated carbocycles. The highest BCUT2D eigenvalue weighted by molar-refractivity contribution is 5.92. The summed E-state index contributed by atoms with van der Waals surface area (Å²) < 4.78 is 0. The molecule has 1 rings (SSSR count). The molecule has 0 aromatic carbocycles. The molecule has 0 fully saturated rings. The van der Waals surface area contributed by atoms with Crippen molar-refractivity contribution in [2.45, 2.75) is 25.7 Å². The van der Waals surface area contributed by atoms with Crippen LogP contribution in [0.1, 0.15) is 25.7 Å². The van der Waals surface area contributed by atoms with Crippen LogP contribution in [-0.4, -0.2) is 16.9 Å². The molecule has 0 amide bonds. The number of aliphatic carboxylic acids is 1. The number of carboxylic acids is 1. The Morgan fingerprint density at radius 2 is 2.27 bits per heavy atom. The van der Waals surface area contributed by atoms with Crippen LogP contribution in [0.4, 0.5) is 0 Å². The Morgan fingerprint density at radius 3 is 2.82 bits per heavy atom. The molecule has 1 N–H and O–H groups in total. The molecular weight excluding hydrogens is 144 g/mol. The number of carbonyl (C=O) groups excluding carboxylic acids is 1. The van der Waals surface area contributed by atoms with E-state index in [2.05, 4.69) is 0 Å². The van der Waals surface area contributed by atoms with Crippen molar-refractivity contribution in [3.63, 3.8) is 0 Å². The third kappa shape index (κ3) is 2.53. The van der Waals surface area contributed by atoms with Gasteiger partial charge in [0.05, 0.1) is 6.42 Å². The molecule has 0 unspecified atom stereocenters. The zero-order chi connectivity index (χ0) is 8.27. The molecule has 1 aliphatic rings. The molecule has 0 spiro atoms. The molecule has 0 aromatic heterocycles. The predicted molar refractivity (Wildman–Crippen MR) is 39.2 cm³/mol. The summed E-state index contributed by atoms with van der Waals surface area (Å²) >= 11 is 0. The van der Waals surface area contributed by atoms with Gasteiger partial charge >= 0.3 is 5.97 Å². The fraction of sp³-hybridized carbons (Fsp3) is 0.500. The highest BCUT2D eigenvalue weighted by Gasteiger charge is 2.11. The van der Waals surface area contributed by atoms with Gasteiger partial charge in [0.2, 0.25) is 0 Å². The van der Waals surface area contributed by atoms with Gasteiger partial charge in [0.25, 0.3) is 0 Å². The monoisotopic (exact) mass is 154 g/mol. The molecule has 1 aliphatic carbocycles. The van der Waals surface area contributed by atoms with Crippen LogP contribution in [0.3, 0.4) is 0 Å². The zero-order valence-corrected chi connectivity index (χ0v) is 6.17. The summed E-state index contributed by atoms with van der Waals surface area (Å²) in [6.45, 7) is 0. The minimum atomic E-state index is -0.856. The first kappa shape index (κ1) is 7.98. The third-order valence-corrected chi connectivity index (χ3v) is 1.66. The Balaban J connectivity index is 2.56. The van der Waals surface area contributed by atoms with E-state index in [0.29, 0.717) is 6.42 Å². The molecule has 11 heavy (non-hydrogen) atoms. The van der Waals surface area contributed by atoms with Crippen LogP contribution in [0, 0.1) is 0 Å². The van der Waals surface area contributed by atoms with E-state index in [9.17, 15) is 9.59 Å². The van der Waals surface area contributed by atoms with Gasteiger partial charge in [-0.05, 0) is 18.9 Å². The lowest BCUT2D eigenvalue weighted by molar-refractivity contribution is -0.136. The fourth-order valence-corrected chi connectivity index (χ4v) is 1.20. The SMILES string of the molecule is O=C(O)CC1=CC(=O)CCC1. The van der Waals surface area contributed by atoms with Gasteiger partial charge in [-0.2, -0.15) is 0 Å². The normalized spacial score (nSPS) is 17.8. The van der Waals surface area contributed by atoms with Crippen LogP contribution >= 0.6 is 0 Å². The average Bonchev–Trinajstić information content (AvgIpc) is 1.85. The minimum Gasteiger partial charge on any atom is -0.481 e. The van der Waals surface area contributed by atoms with Crippen LogP contribution in [0.25, 0.3) is 0 Å². The van der Waals surface area contributed by atoms with Crippen LogP contribution in [0.15, 0.2) is 11.6 Å². The Hall–Kier alpha value is -1.12. The Labute approximate surface area is 64.7 Å². The van der Waals surface area contributed by atoms with Crippen molar-refractivity contribution in [3.8, 4) is 0 Å². The lowest BCUT2D eigenvalue weighted by Crippen LogP contribution is -2.06. The first-order chi connectivity index (χ1) is 5.18. The molecule has 3 nitrogen and oxygen atoms in total. The number of rotatable bonds is 2. The summed E-state index contributed by atoms with van der Waals surface area (Å²) in [5.41, 5.74) is 0.758. The van der Waals surface area contributed by atoms with Crippen LogP contribution < -0.4 is 0 Å². The predicted octanol–water partition coefficient (Wildman–Crippen LogP) is 1.14. The maximum absolute atomic E-state index is 10.8. The van der Waals surface area contributed by atoms with E-state index in [1.54, 1.807) is 0 Å². The third-order valence-electron chi connectivity index (χ3n) is 1.66. The van der Waals surface area contributed by atoms with Crippen LogP contribution in [0.5, 0.6) is 0 Å². The summed E-state index contributed by atoms with van der Waals surface area (Å²) in [6.07, 6.45) is 3.63. The number of carbonyl (C=O) groups is 2. The highest BCUT2D eigenvalue weighted by Crippen LogP contribution is 2.17. The quantitative estimate of drug-likeness (QED) is 0.648. The van der Waals surface area contributed by atoms with Gasteiger partial charge in [-0.15, -0.1) is 0 Å². The maximum atomic E-state index is 10.8. The smallest absolute Gasteiger partial charge is 0.307 e. The molecule has 0 aromatic rings. The van der Waals surface area contributed by atoms with Crippen LogP contribution in [-0.2, 0) is 9.59 Å². The average molecular weight is 154 g/mol. The summed E-state index contributed by atoms with van der Waals surface area (Å²) in [5.74, 6) is -0.793. The first-order valence-corrected chi connectivity index (χ1v) is 3.62. The first-order valence-electron chi connectivity index (χ1n) is 3.62. The van der Waals surface area contributed by atoms with Crippen LogP contribution in [0.2, 0.25) is 0 Å². The van der Waals surface area contributed by atoms with Crippen molar-refractivity contribution in [1.82, 2.24) is 0 Å². The van der Waals surface area contributed by atoms with Crippen molar-refractivity contribution >= 4 is 11.8 Å². The van der Waals surface area contributed by atoms with Crippen molar-refractivity contribution < 1.29 is 14.7 Å². The van der Waals surface area contributed by atoms with E-state index in [1.807, 2.05) is 0 Å². The number of hydrogen-bond acceptors (Lipinski definition) is 2. The van der Waals surface area contributed by atoms with Crippen molar-refractivity contribution in [2.75, 3.05) is 0 Å². The summed E-state index contributed by atoms with van der Waals surface area (Å²) in [4.78, 5) is 21.0. The molecule has 0 bridgehead atoms. The molecule has 0 saturated heterocycles.